The Hall–Kier alpha value is -3.16. The molecule has 2 aromatic carbocycles. The molecule has 2 N–H and O–H groups in total. The van der Waals surface area contributed by atoms with E-state index in [0.717, 1.165) is 15.7 Å². The molecule has 0 radical (unpaired) electrons. The maximum atomic E-state index is 13.1. The molecule has 1 aromatic heterocycles. The third-order valence-electron chi connectivity index (χ3n) is 5.06. The van der Waals surface area contributed by atoms with Gasteiger partial charge in [-0.25, -0.2) is 4.79 Å². The number of nitrogen functional groups attached to an aromatic ring is 1. The van der Waals surface area contributed by atoms with E-state index in [9.17, 15) is 14.4 Å². The first-order chi connectivity index (χ1) is 14.8. The van der Waals surface area contributed by atoms with Crippen LogP contribution in [0.15, 0.2) is 64.2 Å². The molecule has 3 rings (SSSR count). The second-order valence-corrected chi connectivity index (χ2v) is 7.76. The Morgan fingerprint density at radius 2 is 1.68 bits per heavy atom. The summed E-state index contributed by atoms with van der Waals surface area (Å²) < 4.78 is 2.32. The summed E-state index contributed by atoms with van der Waals surface area (Å²) in [5.41, 5.74) is 6.55. The molecule has 3 aromatic rings. The summed E-state index contributed by atoms with van der Waals surface area (Å²) in [6.07, 6.45) is 0. The number of anilines is 1. The highest BCUT2D eigenvalue weighted by Crippen LogP contribution is 2.17. The molecule has 162 valence electrons. The number of nitrogens with zero attached hydrogens (tertiary/aromatic N) is 3. The molecule has 0 fully saturated rings. The zero-order valence-corrected chi connectivity index (χ0v) is 18.3. The number of hydrogen-bond donors (Lipinski definition) is 1. The van der Waals surface area contributed by atoms with Crippen LogP contribution in [0.25, 0.3) is 0 Å². The van der Waals surface area contributed by atoms with Crippen molar-refractivity contribution >= 4 is 23.2 Å². The number of rotatable bonds is 8. The first-order valence-corrected chi connectivity index (χ1v) is 10.3. The Balaban J connectivity index is 1.95. The molecule has 0 aliphatic carbocycles. The predicted molar refractivity (Wildman–Crippen MR) is 123 cm³/mol. The van der Waals surface area contributed by atoms with Gasteiger partial charge in [0.1, 0.15) is 11.4 Å². The molecule has 0 bridgehead atoms. The summed E-state index contributed by atoms with van der Waals surface area (Å²) in [4.78, 5) is 40.6. The Labute approximate surface area is 185 Å². The van der Waals surface area contributed by atoms with E-state index in [2.05, 4.69) is 0 Å². The molecule has 0 spiro atoms. The number of carbonyl (C=O) groups excluding carboxylic acids is 1. The van der Waals surface area contributed by atoms with Crippen molar-refractivity contribution in [3.63, 3.8) is 0 Å². The fourth-order valence-corrected chi connectivity index (χ4v) is 3.67. The van der Waals surface area contributed by atoms with E-state index < -0.39 is 17.0 Å². The lowest BCUT2D eigenvalue weighted by Gasteiger charge is -2.19. The van der Waals surface area contributed by atoms with E-state index in [1.165, 1.54) is 4.57 Å². The Kier molecular flexibility index (Phi) is 7.09. The van der Waals surface area contributed by atoms with Gasteiger partial charge in [-0.05, 0) is 31.2 Å². The van der Waals surface area contributed by atoms with Crippen molar-refractivity contribution in [2.24, 2.45) is 0 Å². The van der Waals surface area contributed by atoms with Crippen molar-refractivity contribution in [2.45, 2.75) is 26.6 Å². The molecular formula is C23H25ClN4O3. The van der Waals surface area contributed by atoms with Crippen molar-refractivity contribution in [1.82, 2.24) is 14.0 Å². The number of benzene rings is 2. The van der Waals surface area contributed by atoms with Crippen LogP contribution in [0.2, 0.25) is 5.02 Å². The number of halogens is 1. The van der Waals surface area contributed by atoms with Crippen LogP contribution in [0.5, 0.6) is 0 Å². The van der Waals surface area contributed by atoms with Crippen LogP contribution in [0.3, 0.4) is 0 Å². The molecule has 31 heavy (non-hydrogen) atoms. The molecule has 0 atom stereocenters. The van der Waals surface area contributed by atoms with Crippen LogP contribution in [0, 0.1) is 0 Å². The van der Waals surface area contributed by atoms with Crippen LogP contribution in [0.1, 0.15) is 28.4 Å². The SMILES string of the molecule is CCn1c(=O)c(C(=O)CN(C)Cc2ccccc2Cl)c(N)n(Cc2ccccc2)c1=O. The molecule has 1 heterocycles. The second kappa shape index (κ2) is 9.76. The molecule has 0 saturated heterocycles. The topological polar surface area (TPSA) is 90.3 Å². The largest absolute Gasteiger partial charge is 0.384 e. The fourth-order valence-electron chi connectivity index (χ4n) is 3.47. The van der Waals surface area contributed by atoms with E-state index in [1.807, 2.05) is 48.5 Å². The molecule has 0 aliphatic heterocycles. The van der Waals surface area contributed by atoms with Gasteiger partial charge in [-0.15, -0.1) is 0 Å². The van der Waals surface area contributed by atoms with Gasteiger partial charge in [0.2, 0.25) is 0 Å². The van der Waals surface area contributed by atoms with E-state index in [4.69, 9.17) is 17.3 Å². The molecular weight excluding hydrogens is 416 g/mol. The normalized spacial score (nSPS) is 11.1. The zero-order chi connectivity index (χ0) is 22.5. The summed E-state index contributed by atoms with van der Waals surface area (Å²) in [6, 6.07) is 16.6. The maximum Gasteiger partial charge on any atom is 0.332 e. The van der Waals surface area contributed by atoms with Crippen LogP contribution in [0.4, 0.5) is 5.82 Å². The van der Waals surface area contributed by atoms with E-state index in [-0.39, 0.29) is 31.0 Å². The summed E-state index contributed by atoms with van der Waals surface area (Å²) >= 11 is 6.20. The van der Waals surface area contributed by atoms with Gasteiger partial charge in [0.05, 0.1) is 13.1 Å². The summed E-state index contributed by atoms with van der Waals surface area (Å²) in [5, 5.41) is 0.603. The van der Waals surface area contributed by atoms with Crippen molar-refractivity contribution in [3.05, 3.63) is 97.1 Å². The maximum absolute atomic E-state index is 13.1. The third kappa shape index (κ3) is 4.95. The van der Waals surface area contributed by atoms with Crippen LogP contribution in [-0.4, -0.2) is 33.4 Å². The predicted octanol–water partition coefficient (Wildman–Crippen LogP) is 2.63. The average molecular weight is 441 g/mol. The first-order valence-electron chi connectivity index (χ1n) is 9.95. The van der Waals surface area contributed by atoms with Gasteiger partial charge in [0, 0.05) is 18.1 Å². The molecule has 8 heteroatoms. The van der Waals surface area contributed by atoms with Crippen molar-refractivity contribution in [1.29, 1.82) is 0 Å². The smallest absolute Gasteiger partial charge is 0.332 e. The monoisotopic (exact) mass is 440 g/mol. The molecule has 7 nitrogen and oxygen atoms in total. The molecule has 0 aliphatic rings. The highest BCUT2D eigenvalue weighted by molar-refractivity contribution is 6.31. The zero-order valence-electron chi connectivity index (χ0n) is 17.5. The minimum Gasteiger partial charge on any atom is -0.384 e. The van der Waals surface area contributed by atoms with E-state index >= 15 is 0 Å². The average Bonchev–Trinajstić information content (AvgIpc) is 2.74. The number of hydrogen-bond acceptors (Lipinski definition) is 5. The quantitative estimate of drug-likeness (QED) is 0.544. The van der Waals surface area contributed by atoms with E-state index in [0.29, 0.717) is 11.6 Å². The van der Waals surface area contributed by atoms with Gasteiger partial charge in [-0.3, -0.25) is 23.6 Å². The highest BCUT2D eigenvalue weighted by atomic mass is 35.5. The van der Waals surface area contributed by atoms with Crippen molar-refractivity contribution in [2.75, 3.05) is 19.3 Å². The van der Waals surface area contributed by atoms with E-state index in [1.54, 1.807) is 24.9 Å². The van der Waals surface area contributed by atoms with Crippen LogP contribution >= 0.6 is 11.6 Å². The number of Topliss-reactive ketones (excluding diaryl/α,β-unsaturated/α-hetero) is 1. The lowest BCUT2D eigenvalue weighted by molar-refractivity contribution is 0.0941. The van der Waals surface area contributed by atoms with Gasteiger partial charge < -0.3 is 5.73 Å². The highest BCUT2D eigenvalue weighted by Gasteiger charge is 2.23. The number of ketones is 1. The van der Waals surface area contributed by atoms with Crippen LogP contribution < -0.4 is 17.0 Å². The van der Waals surface area contributed by atoms with Crippen molar-refractivity contribution < 1.29 is 4.79 Å². The second-order valence-electron chi connectivity index (χ2n) is 7.35. The summed E-state index contributed by atoms with van der Waals surface area (Å²) in [7, 11) is 1.76. The summed E-state index contributed by atoms with van der Waals surface area (Å²) in [5.74, 6) is -0.555. The standard InChI is InChI=1S/C23H25ClN4O3/c1-3-27-22(30)20(19(29)15-26(2)14-17-11-7-8-12-18(17)24)21(25)28(23(27)31)13-16-9-5-4-6-10-16/h4-12H,3,13-15,25H2,1-2H3. The summed E-state index contributed by atoms with van der Waals surface area (Å²) in [6.45, 7) is 2.38. The van der Waals surface area contributed by atoms with Gasteiger partial charge in [-0.2, -0.15) is 0 Å². The Morgan fingerprint density at radius 1 is 1.03 bits per heavy atom. The molecule has 0 amide bonds. The minimum absolute atomic E-state index is 0.0437. The fraction of sp³-hybridized carbons (Fsp3) is 0.261. The Bertz CT molecular complexity index is 1200. The number of carbonyl (C=O) groups is 1. The molecule has 0 saturated carbocycles. The van der Waals surface area contributed by atoms with Crippen LogP contribution in [-0.2, 0) is 19.6 Å². The minimum atomic E-state index is -0.662. The van der Waals surface area contributed by atoms with Gasteiger partial charge in [0.25, 0.3) is 5.56 Å². The number of nitrogens with two attached hydrogens (primary N) is 1. The Morgan fingerprint density at radius 3 is 2.32 bits per heavy atom. The first kappa shape index (κ1) is 22.5. The lowest BCUT2D eigenvalue weighted by Crippen LogP contribution is -2.45. The number of aromatic nitrogens is 2. The lowest BCUT2D eigenvalue weighted by atomic mass is 10.1. The third-order valence-corrected chi connectivity index (χ3v) is 5.43. The van der Waals surface area contributed by atoms with Crippen molar-refractivity contribution in [3.8, 4) is 0 Å². The van der Waals surface area contributed by atoms with Gasteiger partial charge in [-0.1, -0.05) is 60.1 Å². The van der Waals surface area contributed by atoms with Gasteiger partial charge >= 0.3 is 5.69 Å². The van der Waals surface area contributed by atoms with Gasteiger partial charge in [0.15, 0.2) is 5.78 Å². The molecule has 0 unspecified atom stereocenters. The number of likely N-dealkylation sites (N-methyl/N-ethyl adjacent to an activating group) is 1.